The first-order valence-corrected chi connectivity index (χ1v) is 6.37. The zero-order valence-corrected chi connectivity index (χ0v) is 10.5. The molecule has 1 aromatic carbocycles. The summed E-state index contributed by atoms with van der Waals surface area (Å²) in [6.07, 6.45) is 1.91. The summed E-state index contributed by atoms with van der Waals surface area (Å²) in [5.41, 5.74) is 1.88. The molecule has 0 radical (unpaired) electrons. The molecule has 0 spiro atoms. The maximum atomic E-state index is 12.8. The van der Waals surface area contributed by atoms with Gasteiger partial charge in [-0.15, -0.1) is 11.3 Å². The van der Waals surface area contributed by atoms with Gasteiger partial charge < -0.3 is 4.74 Å². The minimum atomic E-state index is -0.218. The predicted molar refractivity (Wildman–Crippen MR) is 67.7 cm³/mol. The highest BCUT2D eigenvalue weighted by Crippen LogP contribution is 2.22. The van der Waals surface area contributed by atoms with Gasteiger partial charge in [0, 0.05) is 31.1 Å². The van der Waals surface area contributed by atoms with E-state index in [-0.39, 0.29) is 5.82 Å². The van der Waals surface area contributed by atoms with Gasteiger partial charge >= 0.3 is 0 Å². The quantitative estimate of drug-likeness (QED) is 0.758. The zero-order chi connectivity index (χ0) is 12.1. The van der Waals surface area contributed by atoms with E-state index in [1.165, 1.54) is 12.1 Å². The molecule has 2 aromatic rings. The molecule has 17 heavy (non-hydrogen) atoms. The van der Waals surface area contributed by atoms with E-state index in [1.54, 1.807) is 30.6 Å². The molecular weight excluding hydrogens is 237 g/mol. The van der Waals surface area contributed by atoms with Crippen LogP contribution in [0.4, 0.5) is 4.39 Å². The maximum Gasteiger partial charge on any atom is 0.123 e. The van der Waals surface area contributed by atoms with E-state index in [2.05, 4.69) is 4.98 Å². The van der Waals surface area contributed by atoms with Crippen LogP contribution in [0.15, 0.2) is 29.6 Å². The van der Waals surface area contributed by atoms with Crippen molar-refractivity contribution in [3.05, 3.63) is 40.5 Å². The first-order chi connectivity index (χ1) is 8.29. The maximum absolute atomic E-state index is 12.8. The van der Waals surface area contributed by atoms with Crippen LogP contribution in [0, 0.1) is 5.82 Å². The first-order valence-electron chi connectivity index (χ1n) is 5.49. The van der Waals surface area contributed by atoms with Crippen molar-refractivity contribution in [1.29, 1.82) is 0 Å². The van der Waals surface area contributed by atoms with Gasteiger partial charge in [-0.2, -0.15) is 0 Å². The number of aryl methyl sites for hydroxylation is 1. The monoisotopic (exact) mass is 251 g/mol. The van der Waals surface area contributed by atoms with E-state index in [9.17, 15) is 4.39 Å². The molecule has 0 aliphatic heterocycles. The lowest BCUT2D eigenvalue weighted by Crippen LogP contribution is -1.92. The van der Waals surface area contributed by atoms with E-state index < -0.39 is 0 Å². The summed E-state index contributed by atoms with van der Waals surface area (Å²) in [6, 6.07) is 6.42. The number of benzene rings is 1. The van der Waals surface area contributed by atoms with E-state index in [0.29, 0.717) is 0 Å². The Hall–Kier alpha value is -1.26. The molecule has 0 unspecified atom stereocenters. The van der Waals surface area contributed by atoms with Gasteiger partial charge in [-0.05, 0) is 30.7 Å². The SMILES string of the molecule is COCCCc1nc(-c2ccc(F)cc2)cs1. The van der Waals surface area contributed by atoms with Crippen LogP contribution in [0.1, 0.15) is 11.4 Å². The third kappa shape index (κ3) is 3.35. The standard InChI is InChI=1S/C13H14FNOS/c1-16-8-2-3-13-15-12(9-17-13)10-4-6-11(14)7-5-10/h4-7,9H,2-3,8H2,1H3. The average Bonchev–Trinajstić information content (AvgIpc) is 2.79. The molecule has 0 amide bonds. The second-order valence-corrected chi connectivity index (χ2v) is 4.67. The van der Waals surface area contributed by atoms with Crippen molar-refractivity contribution in [2.45, 2.75) is 12.8 Å². The Morgan fingerprint density at radius 1 is 1.29 bits per heavy atom. The molecule has 0 N–H and O–H groups in total. The van der Waals surface area contributed by atoms with Crippen LogP contribution in [0.3, 0.4) is 0 Å². The summed E-state index contributed by atoms with van der Waals surface area (Å²) in [6.45, 7) is 0.755. The van der Waals surface area contributed by atoms with Crippen LogP contribution < -0.4 is 0 Å². The van der Waals surface area contributed by atoms with Gasteiger partial charge in [-0.3, -0.25) is 0 Å². The molecule has 0 atom stereocenters. The number of methoxy groups -OCH3 is 1. The fourth-order valence-electron chi connectivity index (χ4n) is 1.55. The summed E-state index contributed by atoms with van der Waals surface area (Å²) >= 11 is 1.64. The van der Waals surface area contributed by atoms with E-state index >= 15 is 0 Å². The van der Waals surface area contributed by atoms with E-state index in [1.807, 2.05) is 5.38 Å². The highest BCUT2D eigenvalue weighted by atomic mass is 32.1. The number of hydrogen-bond acceptors (Lipinski definition) is 3. The third-order valence-electron chi connectivity index (χ3n) is 2.43. The Labute approximate surface area is 104 Å². The van der Waals surface area contributed by atoms with Gasteiger partial charge in [0.1, 0.15) is 5.82 Å². The van der Waals surface area contributed by atoms with Gasteiger partial charge in [-0.1, -0.05) is 0 Å². The summed E-state index contributed by atoms with van der Waals surface area (Å²) in [7, 11) is 1.70. The Balaban J connectivity index is 2.04. The minimum Gasteiger partial charge on any atom is -0.385 e. The second kappa shape index (κ2) is 5.89. The summed E-state index contributed by atoms with van der Waals surface area (Å²) < 4.78 is 17.8. The Bertz CT molecular complexity index is 467. The van der Waals surface area contributed by atoms with Crippen molar-refractivity contribution >= 4 is 11.3 Å². The van der Waals surface area contributed by atoms with Crippen LogP contribution in [0.25, 0.3) is 11.3 Å². The number of thiazole rings is 1. The highest BCUT2D eigenvalue weighted by Gasteiger charge is 2.04. The topological polar surface area (TPSA) is 22.1 Å². The third-order valence-corrected chi connectivity index (χ3v) is 3.34. The number of ether oxygens (including phenoxy) is 1. The summed E-state index contributed by atoms with van der Waals surface area (Å²) in [4.78, 5) is 4.52. The van der Waals surface area contributed by atoms with Crippen molar-refractivity contribution in [1.82, 2.24) is 4.98 Å². The Kier molecular flexibility index (Phi) is 4.23. The van der Waals surface area contributed by atoms with Crippen LogP contribution >= 0.6 is 11.3 Å². The van der Waals surface area contributed by atoms with Crippen LogP contribution in [-0.4, -0.2) is 18.7 Å². The number of rotatable bonds is 5. The first kappa shape index (κ1) is 12.2. The Morgan fingerprint density at radius 2 is 2.06 bits per heavy atom. The molecule has 2 nitrogen and oxygen atoms in total. The molecule has 4 heteroatoms. The predicted octanol–water partition coefficient (Wildman–Crippen LogP) is 3.53. The number of hydrogen-bond donors (Lipinski definition) is 0. The summed E-state index contributed by atoms with van der Waals surface area (Å²) in [5.74, 6) is -0.218. The molecule has 0 saturated carbocycles. The number of nitrogens with zero attached hydrogens (tertiary/aromatic N) is 1. The van der Waals surface area contributed by atoms with Gasteiger partial charge in [-0.25, -0.2) is 9.37 Å². The van der Waals surface area contributed by atoms with Crippen molar-refractivity contribution in [3.63, 3.8) is 0 Å². The van der Waals surface area contributed by atoms with Gasteiger partial charge in [0.25, 0.3) is 0 Å². The van der Waals surface area contributed by atoms with Crippen LogP contribution in [0.2, 0.25) is 0 Å². The van der Waals surface area contributed by atoms with E-state index in [0.717, 1.165) is 35.7 Å². The average molecular weight is 251 g/mol. The van der Waals surface area contributed by atoms with E-state index in [4.69, 9.17) is 4.74 Å². The zero-order valence-electron chi connectivity index (χ0n) is 9.65. The summed E-state index contributed by atoms with van der Waals surface area (Å²) in [5, 5.41) is 3.11. The smallest absolute Gasteiger partial charge is 0.123 e. The second-order valence-electron chi connectivity index (χ2n) is 3.73. The molecule has 1 aromatic heterocycles. The van der Waals surface area contributed by atoms with Crippen molar-refractivity contribution < 1.29 is 9.13 Å². The molecular formula is C13H14FNOS. The van der Waals surface area contributed by atoms with Gasteiger partial charge in [0.05, 0.1) is 10.7 Å². The molecule has 90 valence electrons. The number of halogens is 1. The fraction of sp³-hybridized carbons (Fsp3) is 0.308. The Morgan fingerprint density at radius 3 is 2.76 bits per heavy atom. The molecule has 0 bridgehead atoms. The van der Waals surface area contributed by atoms with Crippen molar-refractivity contribution in [3.8, 4) is 11.3 Å². The molecule has 0 saturated heterocycles. The highest BCUT2D eigenvalue weighted by molar-refractivity contribution is 7.09. The van der Waals surface area contributed by atoms with Crippen LogP contribution in [-0.2, 0) is 11.2 Å². The number of aromatic nitrogens is 1. The van der Waals surface area contributed by atoms with Gasteiger partial charge in [0.2, 0.25) is 0 Å². The van der Waals surface area contributed by atoms with Crippen molar-refractivity contribution in [2.24, 2.45) is 0 Å². The lowest BCUT2D eigenvalue weighted by Gasteiger charge is -1.97. The van der Waals surface area contributed by atoms with Gasteiger partial charge in [0.15, 0.2) is 0 Å². The van der Waals surface area contributed by atoms with Crippen LogP contribution in [0.5, 0.6) is 0 Å². The molecule has 0 aliphatic carbocycles. The normalized spacial score (nSPS) is 10.7. The lowest BCUT2D eigenvalue weighted by atomic mass is 10.2. The lowest BCUT2D eigenvalue weighted by molar-refractivity contribution is 0.195. The molecule has 1 heterocycles. The molecule has 0 aliphatic rings. The molecule has 2 rings (SSSR count). The minimum absolute atomic E-state index is 0.218. The fourth-order valence-corrected chi connectivity index (χ4v) is 2.40. The molecule has 0 fully saturated rings. The van der Waals surface area contributed by atoms with Crippen molar-refractivity contribution in [2.75, 3.05) is 13.7 Å². The largest absolute Gasteiger partial charge is 0.385 e.